The van der Waals surface area contributed by atoms with Gasteiger partial charge in [0.05, 0.1) is 22.3 Å². The first kappa shape index (κ1) is 33.9. The van der Waals surface area contributed by atoms with Gasteiger partial charge in [-0.2, -0.15) is 5.26 Å². The molecule has 1 aromatic heterocycles. The van der Waals surface area contributed by atoms with Gasteiger partial charge in [0.2, 0.25) is 0 Å². The van der Waals surface area contributed by atoms with Gasteiger partial charge in [-0.05, 0) is 68.5 Å². The van der Waals surface area contributed by atoms with E-state index in [9.17, 15) is 5.26 Å². The highest BCUT2D eigenvalue weighted by atomic mass is 15.0. The van der Waals surface area contributed by atoms with E-state index in [1.807, 2.05) is 12.1 Å². The Hall–Kier alpha value is -6.17. The Balaban J connectivity index is 1.70. The van der Waals surface area contributed by atoms with Crippen molar-refractivity contribution in [2.24, 2.45) is 0 Å². The summed E-state index contributed by atoms with van der Waals surface area (Å²) in [6, 6.07) is 59.0. The molecule has 7 aromatic carbocycles. The Morgan fingerprint density at radius 1 is 0.415 bits per heavy atom. The fourth-order valence-electron chi connectivity index (χ4n) is 7.83. The number of fused-ring (bicyclic) bond motifs is 3. The zero-order chi connectivity index (χ0) is 36.9. The van der Waals surface area contributed by atoms with Crippen LogP contribution < -0.4 is 0 Å². The Morgan fingerprint density at radius 2 is 0.736 bits per heavy atom. The lowest BCUT2D eigenvalue weighted by Gasteiger charge is -2.27. The van der Waals surface area contributed by atoms with Crippen molar-refractivity contribution in [1.82, 2.24) is 4.57 Å². The molecule has 53 heavy (non-hydrogen) atoms. The van der Waals surface area contributed by atoms with Crippen molar-refractivity contribution in [2.75, 3.05) is 0 Å². The number of benzene rings is 7. The summed E-state index contributed by atoms with van der Waals surface area (Å²) in [6.07, 6.45) is 0. The summed E-state index contributed by atoms with van der Waals surface area (Å²) in [4.78, 5) is 0. The Morgan fingerprint density at radius 3 is 1.04 bits per heavy atom. The molecule has 0 aliphatic rings. The van der Waals surface area contributed by atoms with Crippen LogP contribution in [0.2, 0.25) is 0 Å². The van der Waals surface area contributed by atoms with Crippen molar-refractivity contribution in [1.29, 1.82) is 5.26 Å². The third kappa shape index (κ3) is 5.93. The monoisotopic (exact) mass is 684 g/mol. The van der Waals surface area contributed by atoms with E-state index in [0.717, 1.165) is 61.2 Å². The van der Waals surface area contributed by atoms with Gasteiger partial charge in [-0.25, -0.2) is 0 Å². The van der Waals surface area contributed by atoms with E-state index in [-0.39, 0.29) is 10.8 Å². The second-order valence-electron chi connectivity index (χ2n) is 16.1. The minimum absolute atomic E-state index is 0.0238. The van der Waals surface area contributed by atoms with Crippen molar-refractivity contribution < 1.29 is 0 Å². The van der Waals surface area contributed by atoms with Crippen LogP contribution in [0.4, 0.5) is 0 Å². The summed E-state index contributed by atoms with van der Waals surface area (Å²) in [5.41, 5.74) is 14.6. The molecular weight excluding hydrogens is 641 g/mol. The maximum Gasteiger partial charge on any atom is 0.100 e. The first-order chi connectivity index (χ1) is 25.6. The van der Waals surface area contributed by atoms with E-state index in [0.29, 0.717) is 5.56 Å². The van der Waals surface area contributed by atoms with E-state index < -0.39 is 0 Å². The molecule has 258 valence electrons. The zero-order valence-corrected chi connectivity index (χ0v) is 31.4. The number of hydrogen-bond donors (Lipinski definition) is 0. The van der Waals surface area contributed by atoms with Gasteiger partial charge in [-0.15, -0.1) is 0 Å². The maximum absolute atomic E-state index is 11.4. The van der Waals surface area contributed by atoms with Crippen molar-refractivity contribution in [3.8, 4) is 56.3 Å². The van der Waals surface area contributed by atoms with Crippen LogP contribution >= 0.6 is 0 Å². The Labute approximate surface area is 313 Å². The SMILES string of the molecule is CC(C)(C)c1ccc2c(c1)c1cc(C(C)(C)C)ccc1n2-c1c(-c2ccccc2)c(-c2ccccc2)c(C#N)c(-c2ccccc2)c1-c1ccccc1. The van der Waals surface area contributed by atoms with E-state index >= 15 is 0 Å². The predicted molar refractivity (Wildman–Crippen MR) is 225 cm³/mol. The normalized spacial score (nSPS) is 11.9. The second-order valence-corrected chi connectivity index (χ2v) is 16.1. The fraction of sp³-hybridized carbons (Fsp3) is 0.157. The van der Waals surface area contributed by atoms with E-state index in [2.05, 4.69) is 198 Å². The lowest BCUT2D eigenvalue weighted by Crippen LogP contribution is -2.10. The van der Waals surface area contributed by atoms with Gasteiger partial charge in [0.15, 0.2) is 0 Å². The van der Waals surface area contributed by atoms with Gasteiger partial charge in [-0.1, -0.05) is 175 Å². The minimum Gasteiger partial charge on any atom is -0.308 e. The van der Waals surface area contributed by atoms with Crippen molar-refractivity contribution in [3.63, 3.8) is 0 Å². The Kier molecular flexibility index (Phi) is 8.39. The van der Waals surface area contributed by atoms with E-state index in [1.54, 1.807) is 0 Å². The summed E-state index contributed by atoms with van der Waals surface area (Å²) >= 11 is 0. The van der Waals surface area contributed by atoms with Gasteiger partial charge in [-0.3, -0.25) is 0 Å². The van der Waals surface area contributed by atoms with Crippen LogP contribution in [0, 0.1) is 11.3 Å². The number of nitrogens with zero attached hydrogens (tertiary/aromatic N) is 2. The highest BCUT2D eigenvalue weighted by Gasteiger charge is 2.31. The molecule has 0 spiro atoms. The molecule has 2 heteroatoms. The summed E-state index contributed by atoms with van der Waals surface area (Å²) < 4.78 is 2.49. The average Bonchev–Trinajstić information content (AvgIpc) is 3.50. The number of hydrogen-bond acceptors (Lipinski definition) is 1. The molecule has 0 atom stereocenters. The largest absolute Gasteiger partial charge is 0.308 e. The molecule has 0 radical (unpaired) electrons. The fourth-order valence-corrected chi connectivity index (χ4v) is 7.83. The average molecular weight is 685 g/mol. The summed E-state index contributed by atoms with van der Waals surface area (Å²) in [5, 5.41) is 13.8. The molecular formula is C51H44N2. The minimum atomic E-state index is -0.0238. The van der Waals surface area contributed by atoms with Gasteiger partial charge < -0.3 is 4.57 Å². The third-order valence-electron chi connectivity index (χ3n) is 10.6. The molecule has 0 aliphatic heterocycles. The number of nitriles is 1. The van der Waals surface area contributed by atoms with Crippen molar-refractivity contribution >= 4 is 21.8 Å². The van der Waals surface area contributed by atoms with Crippen molar-refractivity contribution in [3.05, 3.63) is 174 Å². The molecule has 0 unspecified atom stereocenters. The standard InChI is InChI=1S/C51H44N2/c1-50(2,3)38-27-29-43-40(31-38)41-32-39(51(4,5)6)28-30-44(41)53(43)49-47(36-23-15-9-16-24-36)45(34-19-11-7-12-20-34)42(33-52)46(35-21-13-8-14-22-35)48(49)37-25-17-10-18-26-37/h7-32H,1-6H3. The van der Waals surface area contributed by atoms with Crippen LogP contribution in [0.3, 0.4) is 0 Å². The molecule has 2 nitrogen and oxygen atoms in total. The zero-order valence-electron chi connectivity index (χ0n) is 31.4. The number of rotatable bonds is 5. The predicted octanol–water partition coefficient (Wildman–Crippen LogP) is 13.9. The molecule has 0 bridgehead atoms. The lowest BCUT2D eigenvalue weighted by atomic mass is 9.79. The van der Waals surface area contributed by atoms with Crippen LogP contribution in [0.25, 0.3) is 72.0 Å². The molecule has 0 saturated heterocycles. The highest BCUT2D eigenvalue weighted by Crippen LogP contribution is 2.52. The highest BCUT2D eigenvalue weighted by molar-refractivity contribution is 6.14. The second kappa shape index (κ2) is 13.1. The van der Waals surface area contributed by atoms with E-state index in [1.165, 1.54) is 21.9 Å². The van der Waals surface area contributed by atoms with Crippen LogP contribution in [0.5, 0.6) is 0 Å². The maximum atomic E-state index is 11.4. The quantitative estimate of drug-likeness (QED) is 0.177. The van der Waals surface area contributed by atoms with Gasteiger partial charge in [0.1, 0.15) is 6.07 Å². The van der Waals surface area contributed by atoms with Crippen LogP contribution in [-0.2, 0) is 10.8 Å². The van der Waals surface area contributed by atoms with Crippen LogP contribution in [0.15, 0.2) is 158 Å². The van der Waals surface area contributed by atoms with Gasteiger partial charge in [0.25, 0.3) is 0 Å². The van der Waals surface area contributed by atoms with Gasteiger partial charge >= 0.3 is 0 Å². The number of aromatic nitrogens is 1. The molecule has 0 aliphatic carbocycles. The molecule has 8 rings (SSSR count). The van der Waals surface area contributed by atoms with Gasteiger partial charge in [0, 0.05) is 33.0 Å². The summed E-state index contributed by atoms with van der Waals surface area (Å²) in [6.45, 7) is 13.7. The summed E-state index contributed by atoms with van der Waals surface area (Å²) in [7, 11) is 0. The topological polar surface area (TPSA) is 28.7 Å². The third-order valence-corrected chi connectivity index (χ3v) is 10.6. The molecule has 1 heterocycles. The molecule has 0 N–H and O–H groups in total. The summed E-state index contributed by atoms with van der Waals surface area (Å²) in [5.74, 6) is 0. The van der Waals surface area contributed by atoms with Crippen LogP contribution in [-0.4, -0.2) is 4.57 Å². The molecule has 8 aromatic rings. The molecule has 0 fully saturated rings. The van der Waals surface area contributed by atoms with Crippen LogP contribution in [0.1, 0.15) is 58.2 Å². The molecule has 0 amide bonds. The van der Waals surface area contributed by atoms with E-state index in [4.69, 9.17) is 0 Å². The smallest absolute Gasteiger partial charge is 0.100 e. The van der Waals surface area contributed by atoms with Crippen molar-refractivity contribution in [2.45, 2.75) is 52.4 Å². The first-order valence-corrected chi connectivity index (χ1v) is 18.5. The lowest BCUT2D eigenvalue weighted by molar-refractivity contribution is 0.590. The Bertz CT molecular complexity index is 2470. The first-order valence-electron chi connectivity index (χ1n) is 18.5. The molecule has 0 saturated carbocycles.